The maximum Gasteiger partial charge on any atom is 0.328 e. The SMILES string of the molecule is COC(=O)[C@@H](CC(C)C)NC(=O)[C@@H](Cc1cnc[nH]1)NC(=O)[C@@H](CCCCN)NC(=O)[C@@H](CC(C)C)NC(=O)[C@@H](CCC(N)=O)NC(=O)[C@H](N)[C@@H](C)O. The number of aromatic nitrogens is 2. The van der Waals surface area contributed by atoms with Gasteiger partial charge in [-0.05, 0) is 63.8 Å². The Kier molecular flexibility index (Phi) is 20.9. The maximum absolute atomic E-state index is 13.9. The van der Waals surface area contributed by atoms with Gasteiger partial charge in [0.2, 0.25) is 35.4 Å². The third-order valence-corrected chi connectivity index (χ3v) is 8.18. The van der Waals surface area contributed by atoms with E-state index >= 15 is 0 Å². The number of carbonyl (C=O) groups is 7. The molecular weight excluding hydrogens is 692 g/mol. The Morgan fingerprint density at radius 3 is 1.75 bits per heavy atom. The Bertz CT molecular complexity index is 1340. The van der Waals surface area contributed by atoms with Crippen molar-refractivity contribution in [3.05, 3.63) is 18.2 Å². The normalized spacial score (nSPS) is 15.2. The minimum atomic E-state index is -1.37. The van der Waals surface area contributed by atoms with E-state index in [0.29, 0.717) is 25.1 Å². The molecule has 0 aliphatic rings. The van der Waals surface area contributed by atoms with Crippen LogP contribution in [0, 0.1) is 11.8 Å². The number of nitrogens with two attached hydrogens (primary N) is 3. The van der Waals surface area contributed by atoms with E-state index in [1.54, 1.807) is 0 Å². The Balaban J connectivity index is 3.35. The van der Waals surface area contributed by atoms with Gasteiger partial charge in [0.05, 0.1) is 19.5 Å². The van der Waals surface area contributed by atoms with Gasteiger partial charge in [-0.25, -0.2) is 9.78 Å². The number of hydrogen-bond acceptors (Lipinski definition) is 12. The monoisotopic (exact) mass is 752 g/mol. The molecule has 0 bridgehead atoms. The lowest BCUT2D eigenvalue weighted by Gasteiger charge is -2.28. The van der Waals surface area contributed by atoms with Crippen LogP contribution in [0.3, 0.4) is 0 Å². The van der Waals surface area contributed by atoms with Crippen LogP contribution in [0.2, 0.25) is 0 Å². The number of nitrogens with one attached hydrogen (secondary N) is 6. The number of methoxy groups -OCH3 is 1. The molecule has 0 spiro atoms. The van der Waals surface area contributed by atoms with Crippen molar-refractivity contribution in [1.29, 1.82) is 0 Å². The molecule has 0 unspecified atom stereocenters. The number of rotatable bonds is 25. The number of hydrogen-bond donors (Lipinski definition) is 10. The van der Waals surface area contributed by atoms with Crippen LogP contribution in [-0.4, -0.2) is 112 Å². The van der Waals surface area contributed by atoms with E-state index in [1.807, 2.05) is 27.7 Å². The summed E-state index contributed by atoms with van der Waals surface area (Å²) in [5.41, 5.74) is 17.2. The second-order valence-electron chi connectivity index (χ2n) is 13.9. The number of carbonyl (C=O) groups excluding carboxylic acids is 7. The molecule has 6 amide bonds. The highest BCUT2D eigenvalue weighted by Crippen LogP contribution is 2.11. The molecule has 13 N–H and O–H groups in total. The number of aliphatic hydroxyl groups excluding tert-OH is 1. The lowest BCUT2D eigenvalue weighted by molar-refractivity contribution is -0.146. The lowest BCUT2D eigenvalue weighted by Crippen LogP contribution is -2.60. The number of imidazole rings is 1. The first-order valence-electron chi connectivity index (χ1n) is 17.9. The second-order valence-corrected chi connectivity index (χ2v) is 13.9. The van der Waals surface area contributed by atoms with E-state index in [9.17, 15) is 38.7 Å². The summed E-state index contributed by atoms with van der Waals surface area (Å²) in [5.74, 6) is -5.26. The number of amides is 6. The molecule has 1 rings (SSSR count). The van der Waals surface area contributed by atoms with E-state index in [4.69, 9.17) is 21.9 Å². The summed E-state index contributed by atoms with van der Waals surface area (Å²) in [6.07, 6.45) is 2.61. The summed E-state index contributed by atoms with van der Waals surface area (Å²) in [6.45, 7) is 8.99. The zero-order chi connectivity index (χ0) is 40.2. The van der Waals surface area contributed by atoms with Crippen LogP contribution in [0.4, 0.5) is 0 Å². The quantitative estimate of drug-likeness (QED) is 0.0374. The van der Waals surface area contributed by atoms with Gasteiger partial charge >= 0.3 is 5.97 Å². The predicted molar refractivity (Wildman–Crippen MR) is 194 cm³/mol. The van der Waals surface area contributed by atoms with E-state index in [0.717, 1.165) is 0 Å². The average Bonchev–Trinajstić information content (AvgIpc) is 3.60. The number of esters is 1. The van der Waals surface area contributed by atoms with Gasteiger partial charge in [-0.15, -0.1) is 0 Å². The molecule has 0 saturated heterocycles. The summed E-state index contributed by atoms with van der Waals surface area (Å²) in [5, 5.41) is 22.8. The molecule has 0 aromatic carbocycles. The van der Waals surface area contributed by atoms with Crippen LogP contribution in [-0.2, 0) is 44.7 Å². The first kappa shape index (κ1) is 46.4. The van der Waals surface area contributed by atoms with Gasteiger partial charge in [-0.3, -0.25) is 28.8 Å². The first-order chi connectivity index (χ1) is 24.9. The van der Waals surface area contributed by atoms with Crippen LogP contribution >= 0.6 is 0 Å². The highest BCUT2D eigenvalue weighted by molar-refractivity contribution is 5.96. The number of H-pyrrole nitrogens is 1. The number of unbranched alkanes of at least 4 members (excludes halogenated alkanes) is 1. The zero-order valence-corrected chi connectivity index (χ0v) is 31.6. The van der Waals surface area contributed by atoms with Crippen molar-refractivity contribution < 1.29 is 43.4 Å². The van der Waals surface area contributed by atoms with Crippen molar-refractivity contribution in [2.45, 2.75) is 128 Å². The summed E-state index contributed by atoms with van der Waals surface area (Å²) >= 11 is 0. The Morgan fingerprint density at radius 1 is 0.755 bits per heavy atom. The highest BCUT2D eigenvalue weighted by atomic mass is 16.5. The maximum atomic E-state index is 13.9. The van der Waals surface area contributed by atoms with Gasteiger partial charge in [-0.2, -0.15) is 0 Å². The Hall–Kier alpha value is -4.62. The summed E-state index contributed by atoms with van der Waals surface area (Å²) in [7, 11) is 1.21. The molecule has 19 nitrogen and oxygen atoms in total. The van der Waals surface area contributed by atoms with Crippen molar-refractivity contribution in [2.24, 2.45) is 29.0 Å². The van der Waals surface area contributed by atoms with Crippen LogP contribution in [0.1, 0.15) is 85.3 Å². The van der Waals surface area contributed by atoms with Crippen molar-refractivity contribution >= 4 is 41.4 Å². The molecule has 53 heavy (non-hydrogen) atoms. The Morgan fingerprint density at radius 2 is 1.25 bits per heavy atom. The molecule has 0 saturated carbocycles. The first-order valence-corrected chi connectivity index (χ1v) is 17.9. The highest BCUT2D eigenvalue weighted by Gasteiger charge is 2.34. The van der Waals surface area contributed by atoms with Gasteiger partial charge in [0.25, 0.3) is 0 Å². The summed E-state index contributed by atoms with van der Waals surface area (Å²) in [4.78, 5) is 98.2. The topological polar surface area (TPSA) is 316 Å². The second kappa shape index (κ2) is 23.8. The van der Waals surface area contributed by atoms with Crippen molar-refractivity contribution in [2.75, 3.05) is 13.7 Å². The molecule has 0 aliphatic carbocycles. The zero-order valence-electron chi connectivity index (χ0n) is 31.6. The molecule has 0 aliphatic heterocycles. The van der Waals surface area contributed by atoms with Crippen LogP contribution < -0.4 is 43.8 Å². The molecule has 0 fully saturated rings. The molecule has 19 heteroatoms. The van der Waals surface area contributed by atoms with E-state index in [-0.39, 0.29) is 50.4 Å². The van der Waals surface area contributed by atoms with Gasteiger partial charge in [0, 0.05) is 24.7 Å². The molecule has 0 radical (unpaired) electrons. The van der Waals surface area contributed by atoms with Crippen LogP contribution in [0.5, 0.6) is 0 Å². The Labute approximate surface area is 310 Å². The third-order valence-electron chi connectivity index (χ3n) is 8.18. The van der Waals surface area contributed by atoms with Crippen LogP contribution in [0.15, 0.2) is 12.5 Å². The van der Waals surface area contributed by atoms with Crippen molar-refractivity contribution in [1.82, 2.24) is 36.6 Å². The van der Waals surface area contributed by atoms with E-state index in [1.165, 1.54) is 26.6 Å². The standard InChI is InChI=1S/C34H60N10O9/c1-18(2)13-24(42-30(48)23(10-11-27(36)46)41-33(51)28(37)20(5)45)31(49)40-22(9-7-8-12-35)29(47)43-25(15-21-16-38-17-39-21)32(50)44-26(14-19(3)4)34(52)53-6/h16-20,22-26,28,45H,7-15,35,37H2,1-6H3,(H2,36,46)(H,38,39)(H,40,49)(H,41,51)(H,42,48)(H,43,47)(H,44,50)/t20-,22-,23-,24-,25-,26-,28-/m1/s1. The number of ether oxygens (including phenoxy) is 1. The van der Waals surface area contributed by atoms with Crippen LogP contribution in [0.25, 0.3) is 0 Å². The van der Waals surface area contributed by atoms with Gasteiger partial charge < -0.3 is 58.6 Å². The number of nitrogens with zero attached hydrogens (tertiary/aromatic N) is 1. The number of aliphatic hydroxyl groups is 1. The fourth-order valence-electron chi connectivity index (χ4n) is 5.25. The van der Waals surface area contributed by atoms with Crippen molar-refractivity contribution in [3.8, 4) is 0 Å². The van der Waals surface area contributed by atoms with E-state index in [2.05, 4.69) is 36.6 Å². The third kappa shape index (κ3) is 17.6. The minimum absolute atomic E-state index is 0.0259. The van der Waals surface area contributed by atoms with Gasteiger partial charge in [-0.1, -0.05) is 27.7 Å². The molecule has 1 aromatic rings. The summed E-state index contributed by atoms with van der Waals surface area (Å²) in [6, 6.07) is -7.27. The minimum Gasteiger partial charge on any atom is -0.467 e. The number of primary amides is 1. The van der Waals surface area contributed by atoms with Gasteiger partial charge in [0.15, 0.2) is 0 Å². The lowest BCUT2D eigenvalue weighted by atomic mass is 10.00. The molecular formula is C34H60N10O9. The number of aromatic amines is 1. The predicted octanol–water partition coefficient (Wildman–Crippen LogP) is -2.26. The fourth-order valence-corrected chi connectivity index (χ4v) is 5.25. The molecule has 7 atom stereocenters. The average molecular weight is 753 g/mol. The van der Waals surface area contributed by atoms with Gasteiger partial charge in [0.1, 0.15) is 36.3 Å². The fraction of sp³-hybridized carbons (Fsp3) is 0.706. The smallest absolute Gasteiger partial charge is 0.328 e. The largest absolute Gasteiger partial charge is 0.467 e. The molecule has 1 aromatic heterocycles. The summed E-state index contributed by atoms with van der Waals surface area (Å²) < 4.78 is 4.87. The molecule has 1 heterocycles. The van der Waals surface area contributed by atoms with Crippen molar-refractivity contribution in [3.63, 3.8) is 0 Å². The van der Waals surface area contributed by atoms with E-state index < -0.39 is 83.8 Å². The molecule has 300 valence electrons.